The van der Waals surface area contributed by atoms with Gasteiger partial charge in [0.15, 0.2) is 0 Å². The first-order valence-corrected chi connectivity index (χ1v) is 10.1. The fourth-order valence-electron chi connectivity index (χ4n) is 3.17. The van der Waals surface area contributed by atoms with Crippen LogP contribution in [0, 0.1) is 6.92 Å². The molecule has 0 bridgehead atoms. The van der Waals surface area contributed by atoms with Crippen molar-refractivity contribution in [3.63, 3.8) is 0 Å². The molecule has 29 heavy (non-hydrogen) atoms. The second kappa shape index (κ2) is 9.25. The molecule has 2 aromatic rings. The van der Waals surface area contributed by atoms with Crippen LogP contribution in [-0.4, -0.2) is 36.0 Å². The van der Waals surface area contributed by atoms with E-state index in [0.29, 0.717) is 41.4 Å². The lowest BCUT2D eigenvalue weighted by molar-refractivity contribution is -0.137. The zero-order valence-corrected chi connectivity index (χ0v) is 17.6. The van der Waals surface area contributed by atoms with Crippen molar-refractivity contribution in [1.82, 2.24) is 4.90 Å². The number of benzene rings is 2. The minimum Gasteiger partial charge on any atom is -0.379 e. The Hall–Kier alpha value is -2.63. The van der Waals surface area contributed by atoms with Crippen molar-refractivity contribution in [2.24, 2.45) is 0 Å². The van der Waals surface area contributed by atoms with Crippen LogP contribution in [0.15, 0.2) is 54.2 Å². The average Bonchev–Trinajstić information content (AvgIpc) is 2.92. The molecule has 0 saturated carbocycles. The number of anilines is 1. The second-order valence-corrected chi connectivity index (χ2v) is 7.67. The number of ether oxygens (including phenoxy) is 1. The number of halogens is 1. The molecule has 0 aromatic heterocycles. The van der Waals surface area contributed by atoms with E-state index in [-0.39, 0.29) is 23.6 Å². The molecule has 0 aliphatic carbocycles. The van der Waals surface area contributed by atoms with Crippen molar-refractivity contribution in [2.75, 3.05) is 18.5 Å². The van der Waals surface area contributed by atoms with Crippen LogP contribution in [0.5, 0.6) is 0 Å². The van der Waals surface area contributed by atoms with E-state index in [9.17, 15) is 9.59 Å². The van der Waals surface area contributed by atoms with Gasteiger partial charge in [-0.15, -0.1) is 0 Å². The predicted octanol–water partition coefficient (Wildman–Crippen LogP) is 4.66. The highest BCUT2D eigenvalue weighted by Crippen LogP contribution is 2.32. The summed E-state index contributed by atoms with van der Waals surface area (Å²) in [6.07, 6.45) is 0.697. The van der Waals surface area contributed by atoms with E-state index in [4.69, 9.17) is 16.3 Å². The average molecular weight is 413 g/mol. The van der Waals surface area contributed by atoms with E-state index in [2.05, 4.69) is 5.32 Å². The number of rotatable bonds is 8. The summed E-state index contributed by atoms with van der Waals surface area (Å²) in [5.74, 6) is -0.634. The molecule has 1 aliphatic heterocycles. The van der Waals surface area contributed by atoms with E-state index in [1.165, 1.54) is 4.90 Å². The summed E-state index contributed by atoms with van der Waals surface area (Å²) in [6.45, 7) is 6.63. The molecule has 1 heterocycles. The summed E-state index contributed by atoms with van der Waals surface area (Å²) in [6, 6.07) is 14.6. The lowest BCUT2D eigenvalue weighted by Gasteiger charge is -2.16. The van der Waals surface area contributed by atoms with Gasteiger partial charge in [-0.1, -0.05) is 48.0 Å². The number of aryl methyl sites for hydroxylation is 1. The van der Waals surface area contributed by atoms with Gasteiger partial charge in [0.2, 0.25) is 0 Å². The normalized spacial score (nSPS) is 14.3. The molecule has 152 valence electrons. The lowest BCUT2D eigenvalue weighted by atomic mass is 10.0. The third-order valence-electron chi connectivity index (χ3n) is 4.67. The van der Waals surface area contributed by atoms with E-state index in [1.807, 2.05) is 57.2 Å². The number of imide groups is 1. The number of hydrogen-bond acceptors (Lipinski definition) is 4. The highest BCUT2D eigenvalue weighted by Gasteiger charge is 2.38. The van der Waals surface area contributed by atoms with Crippen LogP contribution in [0.2, 0.25) is 5.02 Å². The van der Waals surface area contributed by atoms with Gasteiger partial charge in [-0.2, -0.15) is 0 Å². The zero-order valence-electron chi connectivity index (χ0n) is 16.9. The standard InChI is InChI=1S/C23H25ClN2O3/c1-15(2)29-13-7-12-26-22(27)20(17-8-5-4-6-9-17)21(23(26)28)25-19-14-18(24)11-10-16(19)3/h4-6,8-11,14-15,25H,7,12-13H2,1-3H3. The number of carbonyl (C=O) groups excluding carboxylic acids is 2. The van der Waals surface area contributed by atoms with Gasteiger partial charge >= 0.3 is 0 Å². The molecule has 2 amide bonds. The molecular weight excluding hydrogens is 388 g/mol. The molecule has 1 aliphatic rings. The van der Waals surface area contributed by atoms with Gasteiger partial charge in [0.25, 0.3) is 11.8 Å². The maximum atomic E-state index is 13.1. The minimum atomic E-state index is -0.335. The maximum absolute atomic E-state index is 13.1. The first kappa shape index (κ1) is 21.1. The predicted molar refractivity (Wildman–Crippen MR) is 116 cm³/mol. The van der Waals surface area contributed by atoms with Crippen LogP contribution >= 0.6 is 11.6 Å². The minimum absolute atomic E-state index is 0.112. The van der Waals surface area contributed by atoms with Crippen LogP contribution in [0.1, 0.15) is 31.4 Å². The van der Waals surface area contributed by atoms with Crippen LogP contribution < -0.4 is 5.32 Å². The van der Waals surface area contributed by atoms with Crippen molar-refractivity contribution in [3.05, 3.63) is 70.4 Å². The van der Waals surface area contributed by atoms with E-state index >= 15 is 0 Å². The Morgan fingerprint density at radius 2 is 1.79 bits per heavy atom. The quantitative estimate of drug-likeness (QED) is 0.506. The number of nitrogens with one attached hydrogen (secondary N) is 1. The summed E-state index contributed by atoms with van der Waals surface area (Å²) < 4.78 is 5.54. The zero-order chi connectivity index (χ0) is 21.0. The maximum Gasteiger partial charge on any atom is 0.278 e. The van der Waals surface area contributed by atoms with Crippen molar-refractivity contribution in [1.29, 1.82) is 0 Å². The third-order valence-corrected chi connectivity index (χ3v) is 4.90. The number of hydrogen-bond donors (Lipinski definition) is 1. The largest absolute Gasteiger partial charge is 0.379 e. The molecule has 0 spiro atoms. The summed E-state index contributed by atoms with van der Waals surface area (Å²) in [5.41, 5.74) is 2.98. The SMILES string of the molecule is Cc1ccc(Cl)cc1NC1=C(c2ccccc2)C(=O)N(CCCOC(C)C)C1=O. The molecule has 1 N–H and O–H groups in total. The van der Waals surface area contributed by atoms with E-state index < -0.39 is 0 Å². The van der Waals surface area contributed by atoms with Crippen LogP contribution in [-0.2, 0) is 14.3 Å². The topological polar surface area (TPSA) is 58.6 Å². The summed E-state index contributed by atoms with van der Waals surface area (Å²) in [7, 11) is 0. The summed E-state index contributed by atoms with van der Waals surface area (Å²) >= 11 is 6.13. The van der Waals surface area contributed by atoms with Crippen LogP contribution in [0.4, 0.5) is 5.69 Å². The van der Waals surface area contributed by atoms with Gasteiger partial charge in [0, 0.05) is 23.9 Å². The smallest absolute Gasteiger partial charge is 0.278 e. The first-order valence-electron chi connectivity index (χ1n) is 9.69. The second-order valence-electron chi connectivity index (χ2n) is 7.24. The lowest BCUT2D eigenvalue weighted by Crippen LogP contribution is -2.34. The molecule has 0 saturated heterocycles. The monoisotopic (exact) mass is 412 g/mol. The number of amides is 2. The van der Waals surface area contributed by atoms with Gasteiger partial charge in [0.05, 0.1) is 11.7 Å². The Balaban J connectivity index is 1.91. The number of nitrogens with zero attached hydrogens (tertiary/aromatic N) is 1. The molecule has 2 aromatic carbocycles. The molecule has 0 unspecified atom stereocenters. The van der Waals surface area contributed by atoms with Gasteiger partial charge in [-0.05, 0) is 50.5 Å². The molecule has 0 fully saturated rings. The van der Waals surface area contributed by atoms with E-state index in [0.717, 1.165) is 5.56 Å². The fraction of sp³-hybridized carbons (Fsp3) is 0.304. The van der Waals surface area contributed by atoms with Gasteiger partial charge < -0.3 is 10.1 Å². The highest BCUT2D eigenvalue weighted by molar-refractivity contribution is 6.36. The Morgan fingerprint density at radius 1 is 1.07 bits per heavy atom. The Bertz CT molecular complexity index is 938. The number of carbonyl (C=O) groups is 2. The molecule has 3 rings (SSSR count). The molecular formula is C23H25ClN2O3. The Labute approximate surface area is 176 Å². The third kappa shape index (κ3) is 4.86. The molecule has 5 nitrogen and oxygen atoms in total. The molecule has 0 radical (unpaired) electrons. The van der Waals surface area contributed by atoms with Crippen molar-refractivity contribution >= 4 is 34.7 Å². The van der Waals surface area contributed by atoms with Crippen LogP contribution in [0.25, 0.3) is 5.57 Å². The van der Waals surface area contributed by atoms with Crippen molar-refractivity contribution < 1.29 is 14.3 Å². The summed E-state index contributed by atoms with van der Waals surface area (Å²) in [5, 5.41) is 3.72. The van der Waals surface area contributed by atoms with Crippen LogP contribution in [0.3, 0.4) is 0 Å². The first-order chi connectivity index (χ1) is 13.9. The van der Waals surface area contributed by atoms with Gasteiger partial charge in [-0.25, -0.2) is 0 Å². The molecule has 6 heteroatoms. The molecule has 0 atom stereocenters. The van der Waals surface area contributed by atoms with Gasteiger partial charge in [-0.3, -0.25) is 14.5 Å². The fourth-order valence-corrected chi connectivity index (χ4v) is 3.35. The Morgan fingerprint density at radius 3 is 2.48 bits per heavy atom. The summed E-state index contributed by atoms with van der Waals surface area (Å²) in [4.78, 5) is 27.6. The van der Waals surface area contributed by atoms with E-state index in [1.54, 1.807) is 12.1 Å². The van der Waals surface area contributed by atoms with Gasteiger partial charge in [0.1, 0.15) is 5.70 Å². The van der Waals surface area contributed by atoms with Crippen molar-refractivity contribution in [3.8, 4) is 0 Å². The Kier molecular flexibility index (Phi) is 6.72. The van der Waals surface area contributed by atoms with Crippen molar-refractivity contribution in [2.45, 2.75) is 33.3 Å². The highest BCUT2D eigenvalue weighted by atomic mass is 35.5.